The first-order valence-electron chi connectivity index (χ1n) is 3.47. The van der Waals surface area contributed by atoms with Crippen molar-refractivity contribution < 1.29 is 9.72 Å². The second-order valence-electron chi connectivity index (χ2n) is 2.27. The maximum atomic E-state index is 10.6. The van der Waals surface area contributed by atoms with Crippen molar-refractivity contribution in [1.29, 1.82) is 0 Å². The van der Waals surface area contributed by atoms with Gasteiger partial charge < -0.3 is 0 Å². The summed E-state index contributed by atoms with van der Waals surface area (Å²) in [6, 6.07) is 4.70. The van der Waals surface area contributed by atoms with Crippen LogP contribution in [0.2, 0.25) is 5.82 Å². The molecule has 0 N–H and O–H groups in total. The predicted octanol–water partition coefficient (Wildman–Crippen LogP) is 0.785. The molecule has 68 valence electrons. The molecule has 1 aromatic carbocycles. The molecule has 0 saturated carbocycles. The van der Waals surface area contributed by atoms with Crippen LogP contribution in [0.25, 0.3) is 0 Å². The summed E-state index contributed by atoms with van der Waals surface area (Å²) in [4.78, 5) is 20.6. The van der Waals surface area contributed by atoms with Gasteiger partial charge >= 0.3 is 80.8 Å². The molecule has 0 saturated heterocycles. The molecule has 0 aliphatic heterocycles. The molecular weight excluding hydrogens is 237 g/mol. The fourth-order valence-corrected chi connectivity index (χ4v) is 2.22. The first-order valence-corrected chi connectivity index (χ1v) is 6.04. The molecule has 0 unspecified atom stereocenters. The van der Waals surface area contributed by atoms with E-state index in [9.17, 15) is 14.9 Å². The summed E-state index contributed by atoms with van der Waals surface area (Å²) in [7, 11) is 0. The quantitative estimate of drug-likeness (QED) is 0.341. The zero-order chi connectivity index (χ0) is 9.84. The van der Waals surface area contributed by atoms with E-state index in [0.29, 0.717) is 6.29 Å². The van der Waals surface area contributed by atoms with Crippen molar-refractivity contribution in [2.24, 2.45) is 0 Å². The molecule has 0 atom stereocenters. The van der Waals surface area contributed by atoms with Crippen molar-refractivity contribution in [2.45, 2.75) is 5.82 Å². The number of nitro groups is 1. The molecule has 0 aromatic heterocycles. The number of aldehydes is 1. The summed E-state index contributed by atoms with van der Waals surface area (Å²) >= 11 is 0.0995. The zero-order valence-electron chi connectivity index (χ0n) is 6.89. The second kappa shape index (κ2) is 4.16. The van der Waals surface area contributed by atoms with Gasteiger partial charge in [-0.25, -0.2) is 0 Å². The Kier molecular flexibility index (Phi) is 3.17. The molecule has 0 aliphatic carbocycles. The van der Waals surface area contributed by atoms with Gasteiger partial charge in [-0.1, -0.05) is 0 Å². The van der Waals surface area contributed by atoms with E-state index in [1.807, 2.05) is 5.82 Å². The minimum atomic E-state index is -0.529. The Morgan fingerprint density at radius 3 is 2.69 bits per heavy atom. The summed E-state index contributed by atoms with van der Waals surface area (Å²) in [5.41, 5.74) is 0.117. The van der Waals surface area contributed by atoms with Crippen LogP contribution in [0.1, 0.15) is 10.4 Å². The molecule has 0 radical (unpaired) electrons. The van der Waals surface area contributed by atoms with Crippen molar-refractivity contribution in [3.05, 3.63) is 33.9 Å². The first kappa shape index (κ1) is 9.89. The molecule has 1 aromatic rings. The molecule has 13 heavy (non-hydrogen) atoms. The van der Waals surface area contributed by atoms with Crippen LogP contribution in [0.5, 0.6) is 0 Å². The van der Waals surface area contributed by atoms with Crippen molar-refractivity contribution in [1.82, 2.24) is 0 Å². The number of carbonyl (C=O) groups excluding carboxylic acids is 1. The van der Waals surface area contributed by atoms with E-state index in [2.05, 4.69) is 0 Å². The van der Waals surface area contributed by atoms with Gasteiger partial charge in [-0.15, -0.1) is 0 Å². The standard InChI is InChI=1S/C8H7NO3Se/c1-13-8-4-2-3-7(9(11)12)6(8)5-10/h2-5H,1H3. The Labute approximate surface area is 81.3 Å². The summed E-state index contributed by atoms with van der Waals surface area (Å²) in [6.07, 6.45) is 0.554. The fourth-order valence-electron chi connectivity index (χ4n) is 0.988. The average Bonchev–Trinajstić information content (AvgIpc) is 2.16. The van der Waals surface area contributed by atoms with Gasteiger partial charge in [0.2, 0.25) is 0 Å². The third-order valence-electron chi connectivity index (χ3n) is 1.58. The van der Waals surface area contributed by atoms with Crippen LogP contribution >= 0.6 is 0 Å². The number of benzene rings is 1. The monoisotopic (exact) mass is 245 g/mol. The van der Waals surface area contributed by atoms with Gasteiger partial charge in [-0.05, 0) is 0 Å². The Morgan fingerprint density at radius 1 is 1.54 bits per heavy atom. The predicted molar refractivity (Wildman–Crippen MR) is 49.7 cm³/mol. The molecule has 0 heterocycles. The molecule has 4 nitrogen and oxygen atoms in total. The molecule has 0 amide bonds. The van der Waals surface area contributed by atoms with Gasteiger partial charge in [0.05, 0.1) is 0 Å². The molecule has 0 bridgehead atoms. The van der Waals surface area contributed by atoms with Gasteiger partial charge in [0, 0.05) is 0 Å². The number of nitrogens with zero attached hydrogens (tertiary/aromatic N) is 1. The second-order valence-corrected chi connectivity index (χ2v) is 4.05. The number of hydrogen-bond donors (Lipinski definition) is 0. The van der Waals surface area contributed by atoms with E-state index < -0.39 is 4.92 Å². The summed E-state index contributed by atoms with van der Waals surface area (Å²) in [5.74, 6) is 1.92. The molecule has 0 spiro atoms. The van der Waals surface area contributed by atoms with Gasteiger partial charge in [-0.2, -0.15) is 0 Å². The van der Waals surface area contributed by atoms with Crippen LogP contribution in [-0.4, -0.2) is 26.2 Å². The number of carbonyl (C=O) groups is 1. The summed E-state index contributed by atoms with van der Waals surface area (Å²) in [5, 5.41) is 10.5. The van der Waals surface area contributed by atoms with Crippen molar-refractivity contribution in [3.63, 3.8) is 0 Å². The average molecular weight is 244 g/mol. The zero-order valence-corrected chi connectivity index (χ0v) is 8.60. The third-order valence-corrected chi connectivity index (χ3v) is 3.25. The minimum absolute atomic E-state index is 0.0995. The molecule has 1 rings (SSSR count). The van der Waals surface area contributed by atoms with Crippen LogP contribution in [-0.2, 0) is 0 Å². The SMILES string of the molecule is C[Se]c1cccc([N+](=O)[O-])c1C=O. The van der Waals surface area contributed by atoms with E-state index in [1.165, 1.54) is 6.07 Å². The number of nitro benzene ring substituents is 1. The third kappa shape index (κ3) is 1.94. The summed E-state index contributed by atoms with van der Waals surface area (Å²) < 4.78 is 0.775. The maximum absolute atomic E-state index is 10.6. The topological polar surface area (TPSA) is 60.2 Å². The van der Waals surface area contributed by atoms with Gasteiger partial charge in [0.25, 0.3) is 0 Å². The normalized spacial score (nSPS) is 9.62. The fraction of sp³-hybridized carbons (Fsp3) is 0.125. The number of rotatable bonds is 3. The van der Waals surface area contributed by atoms with Crippen LogP contribution in [0.15, 0.2) is 18.2 Å². The Hall–Kier alpha value is -1.19. The van der Waals surface area contributed by atoms with Crippen LogP contribution in [0.3, 0.4) is 0 Å². The molecule has 5 heteroatoms. The van der Waals surface area contributed by atoms with Crippen molar-refractivity contribution in [3.8, 4) is 0 Å². The van der Waals surface area contributed by atoms with Crippen molar-refractivity contribution in [2.75, 3.05) is 0 Å². The number of hydrogen-bond acceptors (Lipinski definition) is 3. The van der Waals surface area contributed by atoms with E-state index in [-0.39, 0.29) is 26.2 Å². The van der Waals surface area contributed by atoms with Crippen LogP contribution in [0, 0.1) is 10.1 Å². The van der Waals surface area contributed by atoms with Gasteiger partial charge in [0.15, 0.2) is 0 Å². The van der Waals surface area contributed by atoms with Gasteiger partial charge in [-0.3, -0.25) is 0 Å². The van der Waals surface area contributed by atoms with Crippen LogP contribution in [0.4, 0.5) is 5.69 Å². The molecule has 0 fully saturated rings. The van der Waals surface area contributed by atoms with E-state index in [4.69, 9.17) is 0 Å². The Morgan fingerprint density at radius 2 is 2.23 bits per heavy atom. The van der Waals surface area contributed by atoms with E-state index in [0.717, 1.165) is 4.46 Å². The van der Waals surface area contributed by atoms with E-state index in [1.54, 1.807) is 12.1 Å². The van der Waals surface area contributed by atoms with Crippen molar-refractivity contribution >= 4 is 31.4 Å². The molecule has 0 aliphatic rings. The Bertz CT molecular complexity index is 351. The van der Waals surface area contributed by atoms with Gasteiger partial charge in [0.1, 0.15) is 0 Å². The first-order chi connectivity index (χ1) is 6.20. The summed E-state index contributed by atoms with van der Waals surface area (Å²) in [6.45, 7) is 0. The molecular formula is C8H7NO3Se. The Balaban J connectivity index is 3.35. The van der Waals surface area contributed by atoms with E-state index >= 15 is 0 Å². The van der Waals surface area contributed by atoms with Crippen LogP contribution < -0.4 is 4.46 Å².